The van der Waals surface area contributed by atoms with E-state index >= 15 is 0 Å². The van der Waals surface area contributed by atoms with E-state index in [9.17, 15) is 4.79 Å². The van der Waals surface area contributed by atoms with Gasteiger partial charge in [-0.3, -0.25) is 4.90 Å². The lowest BCUT2D eigenvalue weighted by Gasteiger charge is -2.12. The Hall–Kier alpha value is -0.810. The van der Waals surface area contributed by atoms with Crippen molar-refractivity contribution >= 4 is 6.16 Å². The molecule has 0 aromatic heterocycles. The van der Waals surface area contributed by atoms with E-state index < -0.39 is 6.16 Å². The van der Waals surface area contributed by atoms with Crippen molar-refractivity contribution in [2.45, 2.75) is 6.92 Å². The van der Waals surface area contributed by atoms with E-state index in [0.29, 0.717) is 26.5 Å². The molecule has 0 bridgehead atoms. The summed E-state index contributed by atoms with van der Waals surface area (Å²) in [7, 11) is 0. The minimum atomic E-state index is -0.595. The standard InChI is InChI=1S/C8H15NO4/c1-2-12-8(10)13-6-4-9-3-5-11-7-9/h2-7H2,1H3. The van der Waals surface area contributed by atoms with Gasteiger partial charge in [0.25, 0.3) is 0 Å². The summed E-state index contributed by atoms with van der Waals surface area (Å²) in [6.07, 6.45) is -0.595. The summed E-state index contributed by atoms with van der Waals surface area (Å²) in [6, 6.07) is 0. The molecular weight excluding hydrogens is 174 g/mol. The number of hydrogen-bond donors (Lipinski definition) is 0. The monoisotopic (exact) mass is 189 g/mol. The first-order chi connectivity index (χ1) is 6.33. The minimum Gasteiger partial charge on any atom is -0.435 e. The highest BCUT2D eigenvalue weighted by Crippen LogP contribution is 1.97. The van der Waals surface area contributed by atoms with Crippen LogP contribution in [0.25, 0.3) is 0 Å². The fraction of sp³-hybridized carbons (Fsp3) is 0.875. The predicted molar refractivity (Wildman–Crippen MR) is 45.4 cm³/mol. The fourth-order valence-electron chi connectivity index (χ4n) is 1.05. The second-order valence-electron chi connectivity index (χ2n) is 2.69. The normalized spacial score (nSPS) is 17.3. The van der Waals surface area contributed by atoms with Crippen LogP contribution in [-0.4, -0.2) is 50.7 Å². The van der Waals surface area contributed by atoms with Crippen molar-refractivity contribution in [2.75, 3.05) is 39.6 Å². The molecule has 76 valence electrons. The van der Waals surface area contributed by atoms with E-state index in [-0.39, 0.29) is 0 Å². The largest absolute Gasteiger partial charge is 0.508 e. The molecule has 0 N–H and O–H groups in total. The quantitative estimate of drug-likeness (QED) is 0.601. The first kappa shape index (κ1) is 10.3. The van der Waals surface area contributed by atoms with Crippen molar-refractivity contribution < 1.29 is 19.0 Å². The summed E-state index contributed by atoms with van der Waals surface area (Å²) in [4.78, 5) is 12.8. The Kier molecular flexibility index (Phi) is 4.56. The van der Waals surface area contributed by atoms with Crippen LogP contribution < -0.4 is 0 Å². The zero-order chi connectivity index (χ0) is 9.52. The number of carbonyl (C=O) groups excluding carboxylic acids is 1. The summed E-state index contributed by atoms with van der Waals surface area (Å²) in [5.41, 5.74) is 0. The third-order valence-electron chi connectivity index (χ3n) is 1.72. The van der Waals surface area contributed by atoms with Crippen LogP contribution in [-0.2, 0) is 14.2 Å². The Morgan fingerprint density at radius 2 is 2.38 bits per heavy atom. The molecule has 1 heterocycles. The molecule has 0 saturated carbocycles. The van der Waals surface area contributed by atoms with Crippen molar-refractivity contribution in [3.05, 3.63) is 0 Å². The van der Waals surface area contributed by atoms with Crippen LogP contribution in [0.3, 0.4) is 0 Å². The Morgan fingerprint density at radius 1 is 1.54 bits per heavy atom. The summed E-state index contributed by atoms with van der Waals surface area (Å²) in [5, 5.41) is 0. The molecule has 1 aliphatic heterocycles. The predicted octanol–water partition coefficient (Wildman–Crippen LogP) is 0.449. The number of hydrogen-bond acceptors (Lipinski definition) is 5. The molecule has 1 rings (SSSR count). The van der Waals surface area contributed by atoms with E-state index in [4.69, 9.17) is 9.47 Å². The Labute approximate surface area is 77.6 Å². The van der Waals surface area contributed by atoms with E-state index in [1.807, 2.05) is 0 Å². The third-order valence-corrected chi connectivity index (χ3v) is 1.72. The van der Waals surface area contributed by atoms with Crippen LogP contribution in [0.1, 0.15) is 6.92 Å². The second kappa shape index (κ2) is 5.77. The molecule has 0 amide bonds. The fourth-order valence-corrected chi connectivity index (χ4v) is 1.05. The average molecular weight is 189 g/mol. The molecule has 0 atom stereocenters. The first-order valence-corrected chi connectivity index (χ1v) is 4.42. The molecular formula is C8H15NO4. The van der Waals surface area contributed by atoms with Crippen LogP contribution in [0.4, 0.5) is 4.79 Å². The summed E-state index contributed by atoms with van der Waals surface area (Å²) in [5.74, 6) is 0. The number of nitrogens with zero attached hydrogens (tertiary/aromatic N) is 1. The highest BCUT2D eigenvalue weighted by molar-refractivity contribution is 5.59. The van der Waals surface area contributed by atoms with Gasteiger partial charge in [0.1, 0.15) is 6.61 Å². The van der Waals surface area contributed by atoms with Gasteiger partial charge in [0.05, 0.1) is 19.9 Å². The lowest BCUT2D eigenvalue weighted by molar-refractivity contribution is 0.0484. The van der Waals surface area contributed by atoms with Crippen molar-refractivity contribution in [3.63, 3.8) is 0 Å². The molecule has 0 aromatic rings. The lowest BCUT2D eigenvalue weighted by Crippen LogP contribution is -2.25. The van der Waals surface area contributed by atoms with E-state index in [0.717, 1.165) is 13.2 Å². The van der Waals surface area contributed by atoms with Crippen LogP contribution in [0.5, 0.6) is 0 Å². The zero-order valence-corrected chi connectivity index (χ0v) is 7.82. The van der Waals surface area contributed by atoms with Crippen LogP contribution >= 0.6 is 0 Å². The van der Waals surface area contributed by atoms with Gasteiger partial charge in [-0.05, 0) is 6.92 Å². The van der Waals surface area contributed by atoms with Crippen LogP contribution in [0.2, 0.25) is 0 Å². The number of rotatable bonds is 4. The second-order valence-corrected chi connectivity index (χ2v) is 2.69. The first-order valence-electron chi connectivity index (χ1n) is 4.42. The molecule has 0 aliphatic carbocycles. The molecule has 0 radical (unpaired) electrons. The molecule has 0 unspecified atom stereocenters. The van der Waals surface area contributed by atoms with E-state index in [1.54, 1.807) is 6.92 Å². The van der Waals surface area contributed by atoms with Crippen molar-refractivity contribution in [2.24, 2.45) is 0 Å². The summed E-state index contributed by atoms with van der Waals surface area (Å²) < 4.78 is 14.5. The number of carbonyl (C=O) groups is 1. The van der Waals surface area contributed by atoms with Gasteiger partial charge >= 0.3 is 6.16 Å². The van der Waals surface area contributed by atoms with Gasteiger partial charge < -0.3 is 14.2 Å². The molecule has 1 saturated heterocycles. The SMILES string of the molecule is CCOC(=O)OCCN1CCOC1. The minimum absolute atomic E-state index is 0.353. The van der Waals surface area contributed by atoms with Crippen LogP contribution in [0.15, 0.2) is 0 Å². The average Bonchev–Trinajstić information content (AvgIpc) is 2.57. The smallest absolute Gasteiger partial charge is 0.435 e. The van der Waals surface area contributed by atoms with Crippen LogP contribution in [0, 0.1) is 0 Å². The van der Waals surface area contributed by atoms with Gasteiger partial charge in [-0.15, -0.1) is 0 Å². The maximum absolute atomic E-state index is 10.7. The van der Waals surface area contributed by atoms with E-state index in [2.05, 4.69) is 9.64 Å². The van der Waals surface area contributed by atoms with Crippen molar-refractivity contribution in [3.8, 4) is 0 Å². The molecule has 5 nitrogen and oxygen atoms in total. The Balaban J connectivity index is 1.96. The van der Waals surface area contributed by atoms with Gasteiger partial charge in [-0.2, -0.15) is 0 Å². The van der Waals surface area contributed by atoms with E-state index in [1.165, 1.54) is 0 Å². The van der Waals surface area contributed by atoms with Crippen molar-refractivity contribution in [1.82, 2.24) is 4.90 Å². The van der Waals surface area contributed by atoms with Gasteiger partial charge in [0.2, 0.25) is 0 Å². The molecule has 1 fully saturated rings. The summed E-state index contributed by atoms with van der Waals surface area (Å²) >= 11 is 0. The lowest BCUT2D eigenvalue weighted by atomic mass is 10.5. The van der Waals surface area contributed by atoms with Gasteiger partial charge in [0, 0.05) is 13.1 Å². The molecule has 1 aliphatic rings. The van der Waals surface area contributed by atoms with Gasteiger partial charge in [-0.25, -0.2) is 4.79 Å². The van der Waals surface area contributed by atoms with Gasteiger partial charge in [-0.1, -0.05) is 0 Å². The summed E-state index contributed by atoms with van der Waals surface area (Å²) in [6.45, 7) is 5.47. The molecule has 13 heavy (non-hydrogen) atoms. The molecule has 5 heteroatoms. The Morgan fingerprint density at radius 3 is 3.00 bits per heavy atom. The van der Waals surface area contributed by atoms with Crippen molar-refractivity contribution in [1.29, 1.82) is 0 Å². The number of ether oxygens (including phenoxy) is 3. The third kappa shape index (κ3) is 4.10. The topological polar surface area (TPSA) is 48.0 Å². The maximum atomic E-state index is 10.7. The highest BCUT2D eigenvalue weighted by atomic mass is 16.7. The maximum Gasteiger partial charge on any atom is 0.508 e. The zero-order valence-electron chi connectivity index (χ0n) is 7.82. The van der Waals surface area contributed by atoms with Gasteiger partial charge in [0.15, 0.2) is 0 Å². The highest BCUT2D eigenvalue weighted by Gasteiger charge is 2.12. The molecule has 0 spiro atoms. The molecule has 0 aromatic carbocycles. The Bertz CT molecular complexity index is 156.